The van der Waals surface area contributed by atoms with Gasteiger partial charge in [-0.15, -0.1) is 0 Å². The highest BCUT2D eigenvalue weighted by atomic mass is 79.9. The molecule has 10 nitrogen and oxygen atoms in total. The predicted molar refractivity (Wildman–Crippen MR) is 129 cm³/mol. The smallest absolute Gasteiger partial charge is 0.338 e. The number of ether oxygens (including phenoxy) is 2. The summed E-state index contributed by atoms with van der Waals surface area (Å²) in [4.78, 5) is 24.3. The summed E-state index contributed by atoms with van der Waals surface area (Å²) in [5.74, 6) is -0.158. The van der Waals surface area contributed by atoms with Crippen LogP contribution in [0, 0.1) is 5.82 Å². The maximum Gasteiger partial charge on any atom is 0.338 e. The van der Waals surface area contributed by atoms with Gasteiger partial charge in [-0.2, -0.15) is 5.10 Å². The van der Waals surface area contributed by atoms with Gasteiger partial charge < -0.3 is 19.9 Å². The van der Waals surface area contributed by atoms with Gasteiger partial charge in [0.2, 0.25) is 0 Å². The van der Waals surface area contributed by atoms with Gasteiger partial charge in [0, 0.05) is 29.8 Å². The van der Waals surface area contributed by atoms with Crippen LogP contribution in [0.1, 0.15) is 38.2 Å². The number of hydrogen-bond acceptors (Lipinski definition) is 9. The number of benzene rings is 1. The fourth-order valence-corrected chi connectivity index (χ4v) is 4.62. The summed E-state index contributed by atoms with van der Waals surface area (Å²) in [6.07, 6.45) is 0.971. The van der Waals surface area contributed by atoms with Crippen LogP contribution in [0.2, 0.25) is 0 Å². The van der Waals surface area contributed by atoms with Gasteiger partial charge in [-0.25, -0.2) is 14.2 Å². The molecular formula is C23H28BrFN6O4. The van der Waals surface area contributed by atoms with Crippen molar-refractivity contribution in [2.45, 2.75) is 38.5 Å². The lowest BCUT2D eigenvalue weighted by Gasteiger charge is -2.39. The van der Waals surface area contributed by atoms with Crippen molar-refractivity contribution < 1.29 is 23.8 Å². The molecule has 1 aromatic heterocycles. The Balaban J connectivity index is 1.78. The highest BCUT2D eigenvalue weighted by Gasteiger charge is 2.37. The topological polar surface area (TPSA) is 125 Å². The third-order valence-electron chi connectivity index (χ3n) is 5.84. The minimum atomic E-state index is -1.02. The standard InChI is InChI=1S/C23H28BrFN6O4/c1-4-34-22(32)18-16(10-31-7-8-35-17(11-31)23(2,3)33)28-21(20-26-12-27-30-20)29-19(18)14-6-5-13(25)9-15(14)24/h5-6,9,12,17,19,33H,4,7-8,10-11H2,1-3H3,(H,28,29)(H,26,27,30)/t17-,19?/m0/s1. The number of esters is 1. The molecule has 0 aliphatic carbocycles. The normalized spacial score (nSPS) is 21.5. The van der Waals surface area contributed by atoms with Crippen molar-refractivity contribution in [2.75, 3.05) is 32.8 Å². The van der Waals surface area contributed by atoms with Crippen LogP contribution in [0.3, 0.4) is 0 Å². The Kier molecular flexibility index (Phi) is 7.64. The Morgan fingerprint density at radius 2 is 2.23 bits per heavy atom. The van der Waals surface area contributed by atoms with E-state index >= 15 is 0 Å². The highest BCUT2D eigenvalue weighted by molar-refractivity contribution is 9.10. The van der Waals surface area contributed by atoms with E-state index in [-0.39, 0.29) is 6.61 Å². The zero-order chi connectivity index (χ0) is 25.2. The summed E-state index contributed by atoms with van der Waals surface area (Å²) < 4.78 is 25.5. The van der Waals surface area contributed by atoms with Crippen molar-refractivity contribution in [2.24, 2.45) is 4.99 Å². The summed E-state index contributed by atoms with van der Waals surface area (Å²) in [6, 6.07) is 3.46. The lowest BCUT2D eigenvalue weighted by molar-refractivity contribution is -0.139. The van der Waals surface area contributed by atoms with Crippen LogP contribution in [0.15, 0.2) is 45.3 Å². The van der Waals surface area contributed by atoms with E-state index in [9.17, 15) is 14.3 Å². The summed E-state index contributed by atoms with van der Waals surface area (Å²) >= 11 is 3.42. The molecule has 3 heterocycles. The fraction of sp³-hybridized carbons (Fsp3) is 0.478. The van der Waals surface area contributed by atoms with Crippen LogP contribution >= 0.6 is 15.9 Å². The van der Waals surface area contributed by atoms with E-state index in [0.717, 1.165) is 0 Å². The van der Waals surface area contributed by atoms with E-state index < -0.39 is 29.5 Å². The van der Waals surface area contributed by atoms with Gasteiger partial charge in [-0.1, -0.05) is 22.0 Å². The molecule has 1 saturated heterocycles. The van der Waals surface area contributed by atoms with Crippen LogP contribution in [-0.4, -0.2) is 81.5 Å². The first-order valence-corrected chi connectivity index (χ1v) is 12.1. The number of morpholine rings is 1. The van der Waals surface area contributed by atoms with Crippen molar-refractivity contribution in [1.82, 2.24) is 25.4 Å². The Bertz CT molecular complexity index is 1130. The monoisotopic (exact) mass is 550 g/mol. The van der Waals surface area contributed by atoms with E-state index in [4.69, 9.17) is 14.5 Å². The number of nitrogens with zero attached hydrogens (tertiary/aromatic N) is 4. The predicted octanol–water partition coefficient (Wildman–Crippen LogP) is 2.09. The molecule has 3 N–H and O–H groups in total. The number of aliphatic hydroxyl groups is 1. The number of carbonyl (C=O) groups is 1. The Morgan fingerprint density at radius 1 is 1.43 bits per heavy atom. The maximum atomic E-state index is 13.9. The minimum Gasteiger partial charge on any atom is -0.463 e. The second-order valence-corrected chi connectivity index (χ2v) is 9.72. The number of aromatic nitrogens is 3. The van der Waals surface area contributed by atoms with Crippen molar-refractivity contribution >= 4 is 27.7 Å². The molecule has 1 aromatic carbocycles. The molecule has 12 heteroatoms. The van der Waals surface area contributed by atoms with Crippen molar-refractivity contribution in [1.29, 1.82) is 0 Å². The quantitative estimate of drug-likeness (QED) is 0.447. The number of aliphatic imine (C=N–C) groups is 1. The number of aromatic amines is 1. The van der Waals surface area contributed by atoms with Crippen LogP contribution in [0.5, 0.6) is 0 Å². The van der Waals surface area contributed by atoms with Gasteiger partial charge in [0.15, 0.2) is 11.7 Å². The van der Waals surface area contributed by atoms with E-state index in [1.54, 1.807) is 26.8 Å². The third kappa shape index (κ3) is 5.77. The number of carbonyl (C=O) groups excluding carboxylic acids is 1. The van der Waals surface area contributed by atoms with Crippen LogP contribution in [0.4, 0.5) is 4.39 Å². The van der Waals surface area contributed by atoms with E-state index in [2.05, 4.69) is 41.3 Å². The molecule has 4 rings (SSSR count). The second kappa shape index (κ2) is 10.5. The third-order valence-corrected chi connectivity index (χ3v) is 6.52. The molecule has 2 atom stereocenters. The van der Waals surface area contributed by atoms with Crippen molar-refractivity contribution in [3.05, 3.63) is 57.5 Å². The van der Waals surface area contributed by atoms with Crippen molar-refractivity contribution in [3.63, 3.8) is 0 Å². The number of H-pyrrole nitrogens is 1. The molecule has 1 fully saturated rings. The molecule has 0 bridgehead atoms. The summed E-state index contributed by atoms with van der Waals surface area (Å²) in [5.41, 5.74) is 0.461. The largest absolute Gasteiger partial charge is 0.463 e. The first-order valence-electron chi connectivity index (χ1n) is 11.3. The van der Waals surface area contributed by atoms with Gasteiger partial charge >= 0.3 is 5.97 Å². The molecule has 188 valence electrons. The number of nitrogens with one attached hydrogen (secondary N) is 2. The molecule has 2 aliphatic rings. The molecule has 0 spiro atoms. The number of rotatable bonds is 7. The van der Waals surface area contributed by atoms with Crippen molar-refractivity contribution in [3.8, 4) is 0 Å². The average molecular weight is 551 g/mol. The van der Waals surface area contributed by atoms with Gasteiger partial charge in [0.25, 0.3) is 0 Å². The molecule has 1 unspecified atom stereocenters. The molecule has 0 radical (unpaired) electrons. The van der Waals surface area contributed by atoms with Crippen LogP contribution in [0.25, 0.3) is 0 Å². The maximum absolute atomic E-state index is 13.9. The number of hydrogen-bond donors (Lipinski definition) is 3. The summed E-state index contributed by atoms with van der Waals surface area (Å²) in [5, 5.41) is 20.4. The SMILES string of the molecule is CCOC(=O)C1=C(CN2CCO[C@H](C(C)(C)O)C2)NC(c2ncn[nH]2)=NC1c1ccc(F)cc1Br. The first-order chi connectivity index (χ1) is 16.7. The molecule has 35 heavy (non-hydrogen) atoms. The zero-order valence-electron chi connectivity index (χ0n) is 19.7. The Labute approximate surface area is 210 Å². The molecule has 2 aromatic rings. The van der Waals surface area contributed by atoms with E-state index in [0.29, 0.717) is 59.2 Å². The van der Waals surface area contributed by atoms with Crippen LogP contribution in [-0.2, 0) is 14.3 Å². The lowest BCUT2D eigenvalue weighted by atomic mass is 9.94. The van der Waals surface area contributed by atoms with Gasteiger partial charge in [0.05, 0.1) is 30.5 Å². The minimum absolute atomic E-state index is 0.184. The fourth-order valence-electron chi connectivity index (χ4n) is 4.05. The lowest BCUT2D eigenvalue weighted by Crippen LogP contribution is -2.53. The first kappa shape index (κ1) is 25.4. The summed E-state index contributed by atoms with van der Waals surface area (Å²) in [7, 11) is 0. The number of amidine groups is 1. The Morgan fingerprint density at radius 3 is 2.89 bits per heavy atom. The molecular weight excluding hydrogens is 523 g/mol. The average Bonchev–Trinajstić information content (AvgIpc) is 3.33. The Hall–Kier alpha value is -2.67. The number of halogens is 2. The highest BCUT2D eigenvalue weighted by Crippen LogP contribution is 2.36. The zero-order valence-corrected chi connectivity index (χ0v) is 21.3. The van der Waals surface area contributed by atoms with E-state index in [1.807, 2.05) is 0 Å². The molecule has 0 saturated carbocycles. The van der Waals surface area contributed by atoms with Gasteiger partial charge in [-0.3, -0.25) is 15.0 Å². The second-order valence-electron chi connectivity index (χ2n) is 8.87. The van der Waals surface area contributed by atoms with Crippen LogP contribution < -0.4 is 5.32 Å². The van der Waals surface area contributed by atoms with Gasteiger partial charge in [-0.05, 0) is 38.5 Å². The molecule has 0 amide bonds. The van der Waals surface area contributed by atoms with E-state index in [1.165, 1.54) is 18.5 Å². The molecule has 2 aliphatic heterocycles. The van der Waals surface area contributed by atoms with Gasteiger partial charge in [0.1, 0.15) is 18.2 Å². The summed E-state index contributed by atoms with van der Waals surface area (Å²) in [6.45, 7) is 7.18.